The third kappa shape index (κ3) is 4.34. The van der Waals surface area contributed by atoms with Crippen LogP contribution in [0.4, 0.5) is 4.79 Å². The Bertz CT molecular complexity index is 673. The minimum Gasteiger partial charge on any atom is -0.490 e. The van der Waals surface area contributed by atoms with Crippen molar-refractivity contribution in [2.45, 2.75) is 57.8 Å². The summed E-state index contributed by atoms with van der Waals surface area (Å²) in [6, 6.07) is 1.67. The first-order valence-corrected chi connectivity index (χ1v) is 8.54. The minimum absolute atomic E-state index is 0.0216. The summed E-state index contributed by atoms with van der Waals surface area (Å²) < 4.78 is 11.0. The number of hydrogen-bond acceptors (Lipinski definition) is 6. The molecule has 2 heterocycles. The number of rotatable bonds is 3. The lowest BCUT2D eigenvalue weighted by Gasteiger charge is -2.38. The number of carbonyl (C=O) groups is 1. The summed E-state index contributed by atoms with van der Waals surface area (Å²) in [5.41, 5.74) is 3.85. The van der Waals surface area contributed by atoms with Gasteiger partial charge in [0.1, 0.15) is 11.2 Å². The molecule has 0 aliphatic carbocycles. The largest absolute Gasteiger partial charge is 0.490 e. The highest BCUT2D eigenvalue weighted by atomic mass is 35.5. The average molecular weight is 372 g/mol. The van der Waals surface area contributed by atoms with E-state index >= 15 is 0 Å². The molecule has 2 rings (SSSR count). The van der Waals surface area contributed by atoms with Crippen molar-refractivity contribution in [1.82, 2.24) is 10.3 Å². The summed E-state index contributed by atoms with van der Waals surface area (Å²) in [5.74, 6) is 0.392. The standard InChI is InChI=1S/C17H26ClN3O4/c1-15(2,3)25-14(22)21-16(4)6-7-24-12-10(16)8-11(20-13(12)18)17(5,23)9-19/h8,23H,6-7,9,19H2,1-5H3,(H,21,22). The predicted molar refractivity (Wildman–Crippen MR) is 94.7 cm³/mol. The summed E-state index contributed by atoms with van der Waals surface area (Å²) in [5, 5.41) is 13.4. The number of carbonyl (C=O) groups excluding carboxylic acids is 1. The molecule has 0 bridgehead atoms. The number of nitrogens with one attached hydrogen (secondary N) is 1. The van der Waals surface area contributed by atoms with E-state index in [4.69, 9.17) is 26.8 Å². The molecule has 2 atom stereocenters. The Kier molecular flexibility index (Phi) is 5.23. The van der Waals surface area contributed by atoms with Crippen molar-refractivity contribution in [3.63, 3.8) is 0 Å². The number of aromatic nitrogens is 1. The predicted octanol–water partition coefficient (Wildman–Crippen LogP) is 2.42. The maximum absolute atomic E-state index is 12.3. The monoisotopic (exact) mass is 371 g/mol. The van der Waals surface area contributed by atoms with Crippen molar-refractivity contribution in [2.24, 2.45) is 5.73 Å². The Hall–Kier alpha value is -1.57. The quantitative estimate of drug-likeness (QED) is 0.704. The zero-order valence-electron chi connectivity index (χ0n) is 15.3. The molecule has 140 valence electrons. The number of fused-ring (bicyclic) bond motifs is 1. The fourth-order valence-electron chi connectivity index (χ4n) is 2.58. The molecule has 1 amide bonds. The molecule has 8 heteroatoms. The first-order valence-electron chi connectivity index (χ1n) is 8.16. The molecule has 4 N–H and O–H groups in total. The molecule has 0 saturated heterocycles. The zero-order valence-corrected chi connectivity index (χ0v) is 16.0. The van der Waals surface area contributed by atoms with Crippen molar-refractivity contribution >= 4 is 17.7 Å². The second-order valence-corrected chi connectivity index (χ2v) is 8.07. The topological polar surface area (TPSA) is 107 Å². The summed E-state index contributed by atoms with van der Waals surface area (Å²) in [6.45, 7) is 9.15. The highest BCUT2D eigenvalue weighted by molar-refractivity contribution is 6.31. The minimum atomic E-state index is -1.34. The lowest BCUT2D eigenvalue weighted by Crippen LogP contribution is -2.48. The van der Waals surface area contributed by atoms with Crippen molar-refractivity contribution in [3.8, 4) is 5.75 Å². The van der Waals surface area contributed by atoms with Gasteiger partial charge >= 0.3 is 6.09 Å². The Morgan fingerprint density at radius 3 is 2.72 bits per heavy atom. The molecule has 0 fully saturated rings. The van der Waals surface area contributed by atoms with Crippen LogP contribution in [0.15, 0.2) is 6.07 Å². The van der Waals surface area contributed by atoms with Crippen LogP contribution in [0.25, 0.3) is 0 Å². The van der Waals surface area contributed by atoms with Gasteiger partial charge in [0, 0.05) is 18.5 Å². The number of nitrogens with zero attached hydrogens (tertiary/aromatic N) is 1. The van der Waals surface area contributed by atoms with Gasteiger partial charge in [-0.25, -0.2) is 9.78 Å². The number of ether oxygens (including phenoxy) is 2. The van der Waals surface area contributed by atoms with E-state index in [-0.39, 0.29) is 11.7 Å². The smallest absolute Gasteiger partial charge is 0.408 e. The highest BCUT2D eigenvalue weighted by Crippen LogP contribution is 2.42. The number of amides is 1. The highest BCUT2D eigenvalue weighted by Gasteiger charge is 2.39. The number of aliphatic hydroxyl groups is 1. The van der Waals surface area contributed by atoms with Gasteiger partial charge < -0.3 is 25.6 Å². The van der Waals surface area contributed by atoms with E-state index in [1.54, 1.807) is 33.8 Å². The van der Waals surface area contributed by atoms with Crippen molar-refractivity contribution in [2.75, 3.05) is 13.2 Å². The fourth-order valence-corrected chi connectivity index (χ4v) is 2.83. The molecule has 1 aliphatic rings. The number of halogens is 1. The van der Waals surface area contributed by atoms with Gasteiger partial charge in [0.15, 0.2) is 10.9 Å². The van der Waals surface area contributed by atoms with Crippen LogP contribution in [-0.4, -0.2) is 34.9 Å². The third-order valence-corrected chi connectivity index (χ3v) is 4.36. The van der Waals surface area contributed by atoms with Crippen LogP contribution in [0.5, 0.6) is 5.75 Å². The first kappa shape index (κ1) is 19.8. The summed E-state index contributed by atoms with van der Waals surface area (Å²) in [7, 11) is 0. The van der Waals surface area contributed by atoms with E-state index < -0.39 is 22.8 Å². The van der Waals surface area contributed by atoms with Gasteiger partial charge in [-0.1, -0.05) is 11.6 Å². The normalized spacial score (nSPS) is 22.4. The molecule has 7 nitrogen and oxygen atoms in total. The van der Waals surface area contributed by atoms with E-state index in [1.165, 1.54) is 0 Å². The third-order valence-electron chi connectivity index (χ3n) is 4.10. The molecule has 0 spiro atoms. The van der Waals surface area contributed by atoms with Gasteiger partial charge in [0.25, 0.3) is 0 Å². The van der Waals surface area contributed by atoms with Crippen molar-refractivity contribution in [3.05, 3.63) is 22.5 Å². The second kappa shape index (κ2) is 6.63. The molecule has 1 aromatic rings. The van der Waals surface area contributed by atoms with Crippen LogP contribution in [0.2, 0.25) is 5.15 Å². The first-order chi connectivity index (χ1) is 11.4. The SMILES string of the molecule is CC(C)(C)OC(=O)NC1(C)CCOc2c1cc(C(C)(O)CN)nc2Cl. The van der Waals surface area contributed by atoms with Gasteiger partial charge in [0.05, 0.1) is 17.8 Å². The molecular weight excluding hydrogens is 346 g/mol. The summed E-state index contributed by atoms with van der Waals surface area (Å²) in [6.07, 6.45) is -0.0213. The van der Waals surface area contributed by atoms with Gasteiger partial charge in [-0.15, -0.1) is 0 Å². The fraction of sp³-hybridized carbons (Fsp3) is 0.647. The van der Waals surface area contributed by atoms with E-state index in [1.807, 2.05) is 6.92 Å². The molecular formula is C17H26ClN3O4. The van der Waals surface area contributed by atoms with Crippen LogP contribution in [-0.2, 0) is 15.9 Å². The van der Waals surface area contributed by atoms with E-state index in [2.05, 4.69) is 10.3 Å². The Morgan fingerprint density at radius 1 is 1.52 bits per heavy atom. The van der Waals surface area contributed by atoms with Gasteiger partial charge in [-0.2, -0.15) is 0 Å². The van der Waals surface area contributed by atoms with E-state index in [9.17, 15) is 9.90 Å². The van der Waals surface area contributed by atoms with Gasteiger partial charge in [-0.05, 0) is 40.7 Å². The van der Waals surface area contributed by atoms with Crippen molar-refractivity contribution in [1.29, 1.82) is 0 Å². The molecule has 1 aliphatic heterocycles. The molecule has 2 unspecified atom stereocenters. The van der Waals surface area contributed by atoms with Crippen LogP contribution in [0.3, 0.4) is 0 Å². The van der Waals surface area contributed by atoms with Crippen LogP contribution < -0.4 is 15.8 Å². The molecule has 25 heavy (non-hydrogen) atoms. The number of pyridine rings is 1. The molecule has 0 radical (unpaired) electrons. The molecule has 0 saturated carbocycles. The Labute approximate surface area is 152 Å². The van der Waals surface area contributed by atoms with Crippen LogP contribution >= 0.6 is 11.6 Å². The van der Waals surface area contributed by atoms with Crippen LogP contribution in [0, 0.1) is 0 Å². The second-order valence-electron chi connectivity index (χ2n) is 7.71. The van der Waals surface area contributed by atoms with Crippen LogP contribution in [0.1, 0.15) is 52.3 Å². The number of hydrogen-bond donors (Lipinski definition) is 3. The van der Waals surface area contributed by atoms with Gasteiger partial charge in [0.2, 0.25) is 0 Å². The number of alkyl carbamates (subject to hydrolysis) is 1. The number of nitrogens with two attached hydrogens (primary N) is 1. The lowest BCUT2D eigenvalue weighted by molar-refractivity contribution is 0.0430. The van der Waals surface area contributed by atoms with Gasteiger partial charge in [-0.3, -0.25) is 0 Å². The van der Waals surface area contributed by atoms with Crippen molar-refractivity contribution < 1.29 is 19.4 Å². The molecule has 1 aromatic heterocycles. The van der Waals surface area contributed by atoms with E-state index in [0.29, 0.717) is 30.0 Å². The summed E-state index contributed by atoms with van der Waals surface area (Å²) >= 11 is 6.25. The Balaban J connectivity index is 2.44. The molecule has 0 aromatic carbocycles. The lowest BCUT2D eigenvalue weighted by atomic mass is 9.85. The zero-order chi connectivity index (χ0) is 19.0. The summed E-state index contributed by atoms with van der Waals surface area (Å²) in [4.78, 5) is 16.5. The Morgan fingerprint density at radius 2 is 2.16 bits per heavy atom. The van der Waals surface area contributed by atoms with E-state index in [0.717, 1.165) is 0 Å². The maximum Gasteiger partial charge on any atom is 0.408 e. The average Bonchev–Trinajstić information content (AvgIpc) is 2.45. The maximum atomic E-state index is 12.3.